The minimum Gasteiger partial charge on any atom is -0.750 e. The molecular weight excluding hydrogens is 336 g/mol. The summed E-state index contributed by atoms with van der Waals surface area (Å²) in [7, 11) is -7.51. The minimum absolute atomic E-state index is 0.00463. The largest absolute Gasteiger partial charge is 0.750 e. The van der Waals surface area contributed by atoms with Gasteiger partial charge in [0.1, 0.15) is 0 Å². The molecule has 12 heteroatoms. The Morgan fingerprint density at radius 1 is 0.900 bits per heavy atom. The molecule has 3 atom stereocenters. The van der Waals surface area contributed by atoms with Crippen molar-refractivity contribution in [3.05, 3.63) is 0 Å². The van der Waals surface area contributed by atoms with Gasteiger partial charge in [-0.1, -0.05) is 0 Å². The zero-order chi connectivity index (χ0) is 15.6. The van der Waals surface area contributed by atoms with Gasteiger partial charge in [0.05, 0.1) is 42.2 Å². The molecule has 0 spiro atoms. The molecule has 1 fully saturated rings. The van der Waals surface area contributed by atoms with E-state index in [-0.39, 0.29) is 19.3 Å². The van der Waals surface area contributed by atoms with Crippen molar-refractivity contribution >= 4 is 31.6 Å². The molecule has 0 aromatic rings. The molecule has 120 valence electrons. The van der Waals surface area contributed by atoms with Crippen molar-refractivity contribution in [3.63, 3.8) is 0 Å². The standard InChI is InChI=1S/C8H16O9S3/c1-19(11,12)16-7-3-6(15-18(9)10)4-8(5-7)17-20(2,13)14/h6-8H,3-5H2,1-2H3,(H,9,10)/p-1. The van der Waals surface area contributed by atoms with Gasteiger partial charge in [-0.3, -0.25) is 12.5 Å². The highest BCUT2D eigenvalue weighted by Crippen LogP contribution is 2.28. The quantitative estimate of drug-likeness (QED) is 0.437. The summed E-state index contributed by atoms with van der Waals surface area (Å²) in [6.45, 7) is 0. The lowest BCUT2D eigenvalue weighted by molar-refractivity contribution is 0.0125. The summed E-state index contributed by atoms with van der Waals surface area (Å²) >= 11 is -2.80. The van der Waals surface area contributed by atoms with E-state index in [0.717, 1.165) is 12.5 Å². The van der Waals surface area contributed by atoms with Gasteiger partial charge >= 0.3 is 0 Å². The third kappa shape index (κ3) is 7.61. The van der Waals surface area contributed by atoms with E-state index < -0.39 is 49.9 Å². The van der Waals surface area contributed by atoms with Crippen LogP contribution in [-0.4, -0.2) is 56.4 Å². The lowest BCUT2D eigenvalue weighted by atomic mass is 9.93. The molecule has 0 heterocycles. The van der Waals surface area contributed by atoms with Gasteiger partial charge in [-0.25, -0.2) is 4.21 Å². The van der Waals surface area contributed by atoms with Crippen LogP contribution in [0.5, 0.6) is 0 Å². The van der Waals surface area contributed by atoms with Crippen LogP contribution in [0.3, 0.4) is 0 Å². The summed E-state index contributed by atoms with van der Waals surface area (Å²) in [5, 5.41) is 0. The van der Waals surface area contributed by atoms with E-state index >= 15 is 0 Å². The first-order valence-corrected chi connectivity index (χ1v) is 10.1. The Kier molecular flexibility index (Phi) is 6.07. The Morgan fingerprint density at radius 2 is 1.25 bits per heavy atom. The summed E-state index contributed by atoms with van der Waals surface area (Å²) in [4.78, 5) is 0. The maximum absolute atomic E-state index is 11.1. The fraction of sp³-hybridized carbons (Fsp3) is 1.00. The third-order valence-corrected chi connectivity index (χ3v) is 4.09. The molecular formula is C8H15O9S3-. The molecule has 9 nitrogen and oxygen atoms in total. The van der Waals surface area contributed by atoms with Gasteiger partial charge in [0.25, 0.3) is 20.2 Å². The van der Waals surface area contributed by atoms with Crippen LogP contribution in [0.15, 0.2) is 0 Å². The normalized spacial score (nSPS) is 30.1. The Balaban J connectivity index is 2.79. The molecule has 1 saturated carbocycles. The van der Waals surface area contributed by atoms with Gasteiger partial charge in [0.15, 0.2) is 0 Å². The van der Waals surface area contributed by atoms with Crippen LogP contribution in [0.25, 0.3) is 0 Å². The van der Waals surface area contributed by atoms with Crippen molar-refractivity contribution < 1.29 is 38.1 Å². The Morgan fingerprint density at radius 3 is 1.55 bits per heavy atom. The van der Waals surface area contributed by atoms with Crippen LogP contribution >= 0.6 is 0 Å². The fourth-order valence-corrected chi connectivity index (χ4v) is 3.69. The van der Waals surface area contributed by atoms with Crippen LogP contribution in [0, 0.1) is 0 Å². The van der Waals surface area contributed by atoms with Gasteiger partial charge in [-0.05, 0) is 0 Å². The third-order valence-electron chi connectivity index (χ3n) is 2.41. The van der Waals surface area contributed by atoms with Crippen molar-refractivity contribution in [1.29, 1.82) is 0 Å². The summed E-state index contributed by atoms with van der Waals surface area (Å²) in [6.07, 6.45) is -1.01. The number of rotatable bonds is 6. The second kappa shape index (κ2) is 6.77. The van der Waals surface area contributed by atoms with E-state index in [1.54, 1.807) is 0 Å². The molecule has 0 aliphatic heterocycles. The monoisotopic (exact) mass is 351 g/mol. The van der Waals surface area contributed by atoms with E-state index in [1.165, 1.54) is 0 Å². The molecule has 0 bridgehead atoms. The predicted molar refractivity (Wildman–Crippen MR) is 67.1 cm³/mol. The zero-order valence-corrected chi connectivity index (χ0v) is 13.2. The van der Waals surface area contributed by atoms with Crippen molar-refractivity contribution in [2.75, 3.05) is 12.5 Å². The Bertz CT molecular complexity index is 510. The molecule has 0 aromatic carbocycles. The zero-order valence-electron chi connectivity index (χ0n) is 10.8. The maximum atomic E-state index is 11.1. The Hall–Kier alpha value is -0.110. The number of hydrogen-bond acceptors (Lipinski definition) is 9. The molecule has 0 amide bonds. The van der Waals surface area contributed by atoms with Crippen LogP contribution in [0.2, 0.25) is 0 Å². The summed E-state index contributed by atoms with van der Waals surface area (Å²) in [5.41, 5.74) is 0. The highest BCUT2D eigenvalue weighted by molar-refractivity contribution is 7.86. The maximum Gasteiger partial charge on any atom is 0.264 e. The molecule has 3 unspecified atom stereocenters. The molecule has 0 N–H and O–H groups in total. The second-order valence-electron chi connectivity index (χ2n) is 4.47. The van der Waals surface area contributed by atoms with Gasteiger partial charge in [-0.2, -0.15) is 16.8 Å². The summed E-state index contributed by atoms with van der Waals surface area (Å²) < 4.78 is 79.4. The molecule has 0 aromatic heterocycles. The molecule has 1 rings (SSSR count). The first-order chi connectivity index (χ1) is 8.94. The lowest BCUT2D eigenvalue weighted by Gasteiger charge is -2.33. The lowest BCUT2D eigenvalue weighted by Crippen LogP contribution is -2.39. The molecule has 20 heavy (non-hydrogen) atoms. The van der Waals surface area contributed by atoms with Crippen LogP contribution in [0.1, 0.15) is 19.3 Å². The minimum atomic E-state index is -3.76. The van der Waals surface area contributed by atoms with E-state index in [9.17, 15) is 25.6 Å². The smallest absolute Gasteiger partial charge is 0.264 e. The number of hydrogen-bond donors (Lipinski definition) is 0. The SMILES string of the molecule is CS(=O)(=O)OC1CC(OS(=O)[O-])CC(OS(C)(=O)=O)C1. The highest BCUT2D eigenvalue weighted by atomic mass is 32.2. The van der Waals surface area contributed by atoms with E-state index in [1.807, 2.05) is 0 Å². The molecule has 0 saturated heterocycles. The van der Waals surface area contributed by atoms with E-state index in [2.05, 4.69) is 4.18 Å². The fourth-order valence-electron chi connectivity index (χ4n) is 2.01. The molecule has 0 radical (unpaired) electrons. The first-order valence-electron chi connectivity index (χ1n) is 5.47. The van der Waals surface area contributed by atoms with Crippen LogP contribution in [-0.2, 0) is 44.1 Å². The average Bonchev–Trinajstić information content (AvgIpc) is 2.08. The summed E-state index contributed by atoms with van der Waals surface area (Å²) in [6, 6.07) is 0. The topological polar surface area (TPSA) is 136 Å². The second-order valence-corrected chi connectivity index (χ2v) is 8.28. The summed E-state index contributed by atoms with van der Waals surface area (Å²) in [5.74, 6) is 0. The van der Waals surface area contributed by atoms with Gasteiger partial charge in [-0.15, -0.1) is 0 Å². The van der Waals surface area contributed by atoms with Crippen molar-refractivity contribution in [2.24, 2.45) is 0 Å². The van der Waals surface area contributed by atoms with Gasteiger partial charge in [0.2, 0.25) is 0 Å². The molecule has 1 aliphatic carbocycles. The average molecular weight is 351 g/mol. The van der Waals surface area contributed by atoms with E-state index in [4.69, 9.17) is 8.37 Å². The molecule has 1 aliphatic rings. The predicted octanol–water partition coefficient (Wildman–Crippen LogP) is -0.961. The van der Waals surface area contributed by atoms with E-state index in [0.29, 0.717) is 0 Å². The van der Waals surface area contributed by atoms with Crippen molar-refractivity contribution in [2.45, 2.75) is 37.6 Å². The van der Waals surface area contributed by atoms with Gasteiger partial charge < -0.3 is 4.55 Å². The van der Waals surface area contributed by atoms with Crippen LogP contribution in [0.4, 0.5) is 0 Å². The van der Waals surface area contributed by atoms with Gasteiger partial charge in [0, 0.05) is 19.3 Å². The van der Waals surface area contributed by atoms with Crippen molar-refractivity contribution in [1.82, 2.24) is 0 Å². The Labute approximate surface area is 120 Å². The van der Waals surface area contributed by atoms with Crippen LogP contribution < -0.4 is 0 Å². The van der Waals surface area contributed by atoms with Crippen molar-refractivity contribution in [3.8, 4) is 0 Å². The highest BCUT2D eigenvalue weighted by Gasteiger charge is 2.34. The first kappa shape index (κ1) is 17.9.